The quantitative estimate of drug-likeness (QED) is 0.676. The van der Waals surface area contributed by atoms with Gasteiger partial charge in [0.2, 0.25) is 0 Å². The molecule has 116 valence electrons. The van der Waals surface area contributed by atoms with Gasteiger partial charge in [0.15, 0.2) is 0 Å². The van der Waals surface area contributed by atoms with Gasteiger partial charge in [0.1, 0.15) is 17.4 Å². The number of methoxy groups -OCH3 is 1. The van der Waals surface area contributed by atoms with Crippen LogP contribution < -0.4 is 10.1 Å². The molecule has 1 amide bonds. The summed E-state index contributed by atoms with van der Waals surface area (Å²) >= 11 is 5.80. The summed E-state index contributed by atoms with van der Waals surface area (Å²) in [6.07, 6.45) is 1.56. The highest BCUT2D eigenvalue weighted by molar-refractivity contribution is 6.30. The molecule has 2 rings (SSSR count). The van der Waals surface area contributed by atoms with Crippen LogP contribution in [0.25, 0.3) is 6.08 Å². The molecule has 2 aromatic rings. The number of halogens is 1. The Morgan fingerprint density at radius 3 is 2.52 bits per heavy atom. The molecule has 0 saturated carbocycles. The second-order valence-corrected chi connectivity index (χ2v) is 5.29. The molecule has 0 fully saturated rings. The van der Waals surface area contributed by atoms with Crippen LogP contribution in [0, 0.1) is 18.3 Å². The summed E-state index contributed by atoms with van der Waals surface area (Å²) in [6, 6.07) is 14.0. The van der Waals surface area contributed by atoms with E-state index in [4.69, 9.17) is 16.3 Å². The third kappa shape index (κ3) is 4.35. The molecule has 2 aromatic carbocycles. The molecule has 4 nitrogen and oxygen atoms in total. The summed E-state index contributed by atoms with van der Waals surface area (Å²) < 4.78 is 5.14. The Morgan fingerprint density at radius 2 is 1.96 bits per heavy atom. The number of hydrogen-bond donors (Lipinski definition) is 1. The van der Waals surface area contributed by atoms with E-state index < -0.39 is 5.91 Å². The van der Waals surface area contributed by atoms with Crippen LogP contribution in [-0.4, -0.2) is 13.0 Å². The Hall–Kier alpha value is -2.77. The molecule has 0 aliphatic rings. The zero-order valence-electron chi connectivity index (χ0n) is 12.8. The van der Waals surface area contributed by atoms with Crippen LogP contribution in [0.1, 0.15) is 11.1 Å². The van der Waals surface area contributed by atoms with Crippen molar-refractivity contribution in [2.75, 3.05) is 12.4 Å². The van der Waals surface area contributed by atoms with E-state index in [1.807, 2.05) is 19.1 Å². The van der Waals surface area contributed by atoms with Crippen LogP contribution in [0.15, 0.2) is 48.0 Å². The number of nitrogens with zero attached hydrogens (tertiary/aromatic N) is 1. The maximum atomic E-state index is 12.2. The minimum Gasteiger partial charge on any atom is -0.497 e. The van der Waals surface area contributed by atoms with Crippen molar-refractivity contribution >= 4 is 29.3 Å². The van der Waals surface area contributed by atoms with Crippen LogP contribution in [0.2, 0.25) is 5.02 Å². The van der Waals surface area contributed by atoms with Gasteiger partial charge in [0, 0.05) is 10.7 Å². The van der Waals surface area contributed by atoms with Gasteiger partial charge in [-0.15, -0.1) is 0 Å². The molecular weight excluding hydrogens is 312 g/mol. The number of anilines is 1. The molecule has 0 atom stereocenters. The Kier molecular flexibility index (Phi) is 5.40. The number of carbonyl (C=O) groups excluding carboxylic acids is 1. The van der Waals surface area contributed by atoms with Gasteiger partial charge in [-0.3, -0.25) is 4.79 Å². The number of rotatable bonds is 4. The van der Waals surface area contributed by atoms with Gasteiger partial charge >= 0.3 is 0 Å². The first-order chi connectivity index (χ1) is 11.0. The van der Waals surface area contributed by atoms with Crippen LogP contribution in [-0.2, 0) is 4.79 Å². The normalized spacial score (nSPS) is 10.8. The molecule has 1 N–H and O–H groups in total. The third-order valence-electron chi connectivity index (χ3n) is 3.24. The van der Waals surface area contributed by atoms with Crippen molar-refractivity contribution in [1.82, 2.24) is 0 Å². The fourth-order valence-corrected chi connectivity index (χ4v) is 2.10. The van der Waals surface area contributed by atoms with Crippen molar-refractivity contribution in [3.05, 3.63) is 64.2 Å². The Labute approximate surface area is 140 Å². The van der Waals surface area contributed by atoms with Crippen molar-refractivity contribution in [3.63, 3.8) is 0 Å². The average Bonchev–Trinajstić information content (AvgIpc) is 2.55. The Morgan fingerprint density at radius 1 is 1.26 bits per heavy atom. The molecule has 0 aromatic heterocycles. The van der Waals surface area contributed by atoms with Gasteiger partial charge in [-0.1, -0.05) is 17.7 Å². The maximum Gasteiger partial charge on any atom is 0.266 e. The van der Waals surface area contributed by atoms with Crippen molar-refractivity contribution in [1.29, 1.82) is 5.26 Å². The fraction of sp³-hybridized carbons (Fsp3) is 0.111. The smallest absolute Gasteiger partial charge is 0.266 e. The highest BCUT2D eigenvalue weighted by atomic mass is 35.5. The van der Waals surface area contributed by atoms with Crippen molar-refractivity contribution in [2.45, 2.75) is 6.92 Å². The number of hydrogen-bond acceptors (Lipinski definition) is 3. The SMILES string of the molecule is COc1ccc(/C=C(/C#N)C(=O)Nc2ccc(Cl)cc2)c(C)c1. The molecule has 0 aliphatic carbocycles. The number of nitriles is 1. The first-order valence-electron chi connectivity index (χ1n) is 6.87. The van der Waals surface area contributed by atoms with Crippen LogP contribution in [0.4, 0.5) is 5.69 Å². The predicted molar refractivity (Wildman–Crippen MR) is 91.4 cm³/mol. The molecule has 5 heteroatoms. The van der Waals surface area contributed by atoms with Crippen LogP contribution in [0.3, 0.4) is 0 Å². The van der Waals surface area contributed by atoms with E-state index in [2.05, 4.69) is 5.32 Å². The predicted octanol–water partition coefficient (Wildman–Crippen LogP) is 4.20. The lowest BCUT2D eigenvalue weighted by Crippen LogP contribution is -2.13. The fourth-order valence-electron chi connectivity index (χ4n) is 1.97. The van der Waals surface area contributed by atoms with Crippen LogP contribution >= 0.6 is 11.6 Å². The largest absolute Gasteiger partial charge is 0.497 e. The van der Waals surface area contributed by atoms with E-state index in [1.54, 1.807) is 49.6 Å². The summed E-state index contributed by atoms with van der Waals surface area (Å²) in [5, 5.41) is 12.5. The van der Waals surface area contributed by atoms with E-state index in [-0.39, 0.29) is 5.57 Å². The summed E-state index contributed by atoms with van der Waals surface area (Å²) in [4.78, 5) is 12.2. The van der Waals surface area contributed by atoms with Crippen molar-refractivity contribution in [3.8, 4) is 11.8 Å². The van der Waals surface area contributed by atoms with Gasteiger partial charge in [0.05, 0.1) is 7.11 Å². The Bertz CT molecular complexity index is 790. The summed E-state index contributed by atoms with van der Waals surface area (Å²) in [5.74, 6) is 0.258. The van der Waals surface area contributed by atoms with Crippen LogP contribution in [0.5, 0.6) is 5.75 Å². The maximum absolute atomic E-state index is 12.2. The molecule has 0 heterocycles. The highest BCUT2D eigenvalue weighted by Crippen LogP contribution is 2.20. The number of amides is 1. The van der Waals surface area contributed by atoms with Gasteiger partial charge in [-0.2, -0.15) is 5.26 Å². The third-order valence-corrected chi connectivity index (χ3v) is 3.50. The van der Waals surface area contributed by atoms with Gasteiger partial charge in [-0.25, -0.2) is 0 Å². The van der Waals surface area contributed by atoms with Gasteiger partial charge in [-0.05, 0) is 60.5 Å². The van der Waals surface area contributed by atoms with Crippen molar-refractivity contribution in [2.24, 2.45) is 0 Å². The van der Waals surface area contributed by atoms with Crippen molar-refractivity contribution < 1.29 is 9.53 Å². The standard InChI is InChI=1S/C18H15ClN2O2/c1-12-9-17(23-2)8-3-13(12)10-14(11-20)18(22)21-16-6-4-15(19)5-7-16/h3-10H,1-2H3,(H,21,22)/b14-10-. The van der Waals surface area contributed by atoms with E-state index in [0.29, 0.717) is 10.7 Å². The summed E-state index contributed by atoms with van der Waals surface area (Å²) in [6.45, 7) is 1.89. The molecule has 0 bridgehead atoms. The number of ether oxygens (including phenoxy) is 1. The lowest BCUT2D eigenvalue weighted by atomic mass is 10.1. The molecule has 0 aliphatic heterocycles. The molecular formula is C18H15ClN2O2. The molecule has 23 heavy (non-hydrogen) atoms. The summed E-state index contributed by atoms with van der Waals surface area (Å²) in [7, 11) is 1.59. The minimum atomic E-state index is -0.468. The topological polar surface area (TPSA) is 62.1 Å². The monoisotopic (exact) mass is 326 g/mol. The number of benzene rings is 2. The second kappa shape index (κ2) is 7.48. The molecule has 0 spiro atoms. The zero-order chi connectivity index (χ0) is 16.8. The first kappa shape index (κ1) is 16.6. The Balaban J connectivity index is 2.23. The van der Waals surface area contributed by atoms with E-state index in [1.165, 1.54) is 0 Å². The number of carbonyl (C=O) groups is 1. The van der Waals surface area contributed by atoms with Gasteiger partial charge in [0.25, 0.3) is 5.91 Å². The van der Waals surface area contributed by atoms with E-state index >= 15 is 0 Å². The number of aryl methyl sites for hydroxylation is 1. The first-order valence-corrected chi connectivity index (χ1v) is 7.24. The highest BCUT2D eigenvalue weighted by Gasteiger charge is 2.10. The van der Waals surface area contributed by atoms with E-state index in [9.17, 15) is 10.1 Å². The molecule has 0 radical (unpaired) electrons. The average molecular weight is 327 g/mol. The lowest BCUT2D eigenvalue weighted by molar-refractivity contribution is -0.112. The second-order valence-electron chi connectivity index (χ2n) is 4.85. The summed E-state index contributed by atoms with van der Waals surface area (Å²) in [5.41, 5.74) is 2.30. The minimum absolute atomic E-state index is 0.0215. The molecule has 0 unspecified atom stereocenters. The number of nitrogens with one attached hydrogen (secondary N) is 1. The van der Waals surface area contributed by atoms with Gasteiger partial charge < -0.3 is 10.1 Å². The van der Waals surface area contributed by atoms with E-state index in [0.717, 1.165) is 16.9 Å². The lowest BCUT2D eigenvalue weighted by Gasteiger charge is -2.06. The molecule has 0 saturated heterocycles. The zero-order valence-corrected chi connectivity index (χ0v) is 13.5.